The fourth-order valence-corrected chi connectivity index (χ4v) is 3.78. The molecular weight excluding hydrogens is 430 g/mol. The molecule has 32 heavy (non-hydrogen) atoms. The van der Waals surface area contributed by atoms with E-state index in [2.05, 4.69) is 16.0 Å². The lowest BCUT2D eigenvalue weighted by molar-refractivity contribution is -0.113. The summed E-state index contributed by atoms with van der Waals surface area (Å²) >= 11 is 5.36. The molecule has 3 N–H and O–H groups in total. The first kappa shape index (κ1) is 23.2. The summed E-state index contributed by atoms with van der Waals surface area (Å²) in [5.74, 6) is 2.02. The van der Waals surface area contributed by atoms with E-state index < -0.39 is 6.04 Å². The first-order valence-electron chi connectivity index (χ1n) is 10.0. The molecule has 0 saturated heterocycles. The SMILES string of the molecule is CCOc1ccc(NC(=O)C2=C(C)NC(=S)NC2c2cc(OC)c(OC)cc2OC)cc1. The van der Waals surface area contributed by atoms with Crippen LogP contribution in [0.1, 0.15) is 25.5 Å². The number of methoxy groups -OCH3 is 3. The third kappa shape index (κ3) is 4.88. The van der Waals surface area contributed by atoms with Crippen molar-refractivity contribution in [3.63, 3.8) is 0 Å². The molecule has 1 aliphatic rings. The second kappa shape index (κ2) is 10.2. The number of nitrogens with one attached hydrogen (secondary N) is 3. The number of carbonyl (C=O) groups excluding carboxylic acids is 1. The van der Waals surface area contributed by atoms with Crippen molar-refractivity contribution in [3.8, 4) is 23.0 Å². The number of amides is 1. The van der Waals surface area contributed by atoms with Crippen molar-refractivity contribution in [2.24, 2.45) is 0 Å². The summed E-state index contributed by atoms with van der Waals surface area (Å²) in [4.78, 5) is 13.3. The molecular formula is C23H27N3O5S. The van der Waals surface area contributed by atoms with Crippen LogP contribution in [0.25, 0.3) is 0 Å². The van der Waals surface area contributed by atoms with E-state index in [1.165, 1.54) is 0 Å². The average molecular weight is 458 g/mol. The number of hydrogen-bond donors (Lipinski definition) is 3. The Labute approximate surface area is 192 Å². The third-order valence-corrected chi connectivity index (χ3v) is 5.20. The van der Waals surface area contributed by atoms with E-state index in [4.69, 9.17) is 31.2 Å². The Morgan fingerprint density at radius 2 is 1.66 bits per heavy atom. The van der Waals surface area contributed by atoms with Gasteiger partial charge in [0, 0.05) is 23.0 Å². The molecule has 170 valence electrons. The van der Waals surface area contributed by atoms with Gasteiger partial charge in [0.25, 0.3) is 5.91 Å². The van der Waals surface area contributed by atoms with Gasteiger partial charge in [-0.15, -0.1) is 0 Å². The van der Waals surface area contributed by atoms with E-state index in [1.807, 2.05) is 19.1 Å². The number of thiocarbonyl (C=S) groups is 1. The third-order valence-electron chi connectivity index (χ3n) is 4.98. The highest BCUT2D eigenvalue weighted by Crippen LogP contribution is 2.40. The topological polar surface area (TPSA) is 90.1 Å². The molecule has 0 fully saturated rings. The lowest BCUT2D eigenvalue weighted by Gasteiger charge is -2.31. The summed E-state index contributed by atoms with van der Waals surface area (Å²) < 4.78 is 21.9. The Kier molecular flexibility index (Phi) is 7.42. The van der Waals surface area contributed by atoms with Gasteiger partial charge in [0.2, 0.25) is 0 Å². The monoisotopic (exact) mass is 457 g/mol. The van der Waals surface area contributed by atoms with Crippen molar-refractivity contribution < 1.29 is 23.7 Å². The van der Waals surface area contributed by atoms with Gasteiger partial charge in [0.05, 0.1) is 39.6 Å². The fourth-order valence-electron chi connectivity index (χ4n) is 3.51. The standard InChI is InChI=1S/C23H27N3O5S/c1-6-31-15-9-7-14(8-10-15)25-22(27)20-13(2)24-23(32)26-21(20)16-11-18(29-4)19(30-5)12-17(16)28-3/h7-12,21H,6H2,1-5H3,(H,25,27)(H2,24,26,32). The predicted molar refractivity (Wildman–Crippen MR) is 127 cm³/mol. The summed E-state index contributed by atoms with van der Waals surface area (Å²) in [6.07, 6.45) is 0. The van der Waals surface area contributed by atoms with Crippen LogP contribution in [0.3, 0.4) is 0 Å². The zero-order valence-electron chi connectivity index (χ0n) is 18.7. The molecule has 0 bridgehead atoms. The van der Waals surface area contributed by atoms with Gasteiger partial charge >= 0.3 is 0 Å². The van der Waals surface area contributed by atoms with E-state index >= 15 is 0 Å². The zero-order valence-corrected chi connectivity index (χ0v) is 19.5. The molecule has 1 amide bonds. The number of carbonyl (C=O) groups is 1. The van der Waals surface area contributed by atoms with Crippen molar-refractivity contribution in [1.29, 1.82) is 0 Å². The van der Waals surface area contributed by atoms with Crippen LogP contribution in [0.15, 0.2) is 47.7 Å². The molecule has 1 heterocycles. The van der Waals surface area contributed by atoms with E-state index in [9.17, 15) is 4.79 Å². The van der Waals surface area contributed by atoms with E-state index in [1.54, 1.807) is 52.5 Å². The molecule has 1 unspecified atom stereocenters. The minimum atomic E-state index is -0.568. The molecule has 2 aromatic carbocycles. The van der Waals surface area contributed by atoms with Crippen molar-refractivity contribution in [3.05, 3.63) is 53.2 Å². The number of anilines is 1. The van der Waals surface area contributed by atoms with E-state index in [-0.39, 0.29) is 5.91 Å². The van der Waals surface area contributed by atoms with Crippen molar-refractivity contribution in [1.82, 2.24) is 10.6 Å². The number of rotatable bonds is 8. The molecule has 8 nitrogen and oxygen atoms in total. The molecule has 0 spiro atoms. The predicted octanol–water partition coefficient (Wildman–Crippen LogP) is 3.54. The van der Waals surface area contributed by atoms with Gasteiger partial charge in [-0.1, -0.05) is 0 Å². The van der Waals surface area contributed by atoms with Crippen LogP contribution in [0.2, 0.25) is 0 Å². The first-order chi connectivity index (χ1) is 15.4. The summed E-state index contributed by atoms with van der Waals surface area (Å²) in [5.41, 5.74) is 2.44. The summed E-state index contributed by atoms with van der Waals surface area (Å²) in [7, 11) is 4.66. The van der Waals surface area contributed by atoms with Crippen LogP contribution < -0.4 is 34.9 Å². The maximum absolute atomic E-state index is 13.3. The quantitative estimate of drug-likeness (QED) is 0.519. The van der Waals surface area contributed by atoms with Crippen LogP contribution in [0, 0.1) is 0 Å². The highest BCUT2D eigenvalue weighted by atomic mass is 32.1. The summed E-state index contributed by atoms with van der Waals surface area (Å²) in [6.45, 7) is 4.30. The zero-order chi connectivity index (χ0) is 23.3. The van der Waals surface area contributed by atoms with Gasteiger partial charge in [0.1, 0.15) is 11.5 Å². The normalized spacial score (nSPS) is 15.4. The van der Waals surface area contributed by atoms with Gasteiger partial charge in [-0.2, -0.15) is 0 Å². The van der Waals surface area contributed by atoms with Crippen LogP contribution in [-0.2, 0) is 4.79 Å². The number of benzene rings is 2. The van der Waals surface area contributed by atoms with Gasteiger partial charge in [-0.25, -0.2) is 0 Å². The maximum atomic E-state index is 13.3. The molecule has 0 aromatic heterocycles. The lowest BCUT2D eigenvalue weighted by Crippen LogP contribution is -2.45. The van der Waals surface area contributed by atoms with Gasteiger partial charge in [-0.3, -0.25) is 4.79 Å². The van der Waals surface area contributed by atoms with Crippen molar-refractivity contribution >= 4 is 28.9 Å². The average Bonchev–Trinajstić information content (AvgIpc) is 2.78. The van der Waals surface area contributed by atoms with Gasteiger partial charge in [0.15, 0.2) is 16.6 Å². The molecule has 0 radical (unpaired) electrons. The minimum Gasteiger partial charge on any atom is -0.496 e. The second-order valence-corrected chi connectivity index (χ2v) is 7.34. The van der Waals surface area contributed by atoms with E-state index in [0.717, 1.165) is 5.75 Å². The van der Waals surface area contributed by atoms with Crippen LogP contribution >= 0.6 is 12.2 Å². The van der Waals surface area contributed by atoms with Crippen molar-refractivity contribution in [2.45, 2.75) is 19.9 Å². The summed E-state index contributed by atoms with van der Waals surface area (Å²) in [6, 6.07) is 10.1. The molecule has 0 aliphatic carbocycles. The Bertz CT molecular complexity index is 1040. The van der Waals surface area contributed by atoms with E-state index in [0.29, 0.717) is 51.5 Å². The molecule has 2 aromatic rings. The maximum Gasteiger partial charge on any atom is 0.255 e. The highest BCUT2D eigenvalue weighted by molar-refractivity contribution is 7.80. The first-order valence-corrected chi connectivity index (χ1v) is 10.4. The Morgan fingerprint density at radius 1 is 1.03 bits per heavy atom. The van der Waals surface area contributed by atoms with Crippen LogP contribution in [0.4, 0.5) is 5.69 Å². The summed E-state index contributed by atoms with van der Waals surface area (Å²) in [5, 5.41) is 9.55. The molecule has 0 saturated carbocycles. The number of hydrogen-bond acceptors (Lipinski definition) is 6. The lowest BCUT2D eigenvalue weighted by atomic mass is 9.93. The second-order valence-electron chi connectivity index (χ2n) is 6.93. The Hall–Kier alpha value is -3.46. The van der Waals surface area contributed by atoms with Crippen LogP contribution in [-0.4, -0.2) is 39.0 Å². The Morgan fingerprint density at radius 3 is 2.25 bits per heavy atom. The molecule has 1 aliphatic heterocycles. The van der Waals surface area contributed by atoms with Crippen molar-refractivity contribution in [2.75, 3.05) is 33.3 Å². The molecule has 9 heteroatoms. The minimum absolute atomic E-state index is 0.281. The Balaban J connectivity index is 1.99. The molecule has 1 atom stereocenters. The van der Waals surface area contributed by atoms with Crippen LogP contribution in [0.5, 0.6) is 23.0 Å². The smallest absolute Gasteiger partial charge is 0.255 e. The van der Waals surface area contributed by atoms with Gasteiger partial charge in [-0.05, 0) is 56.4 Å². The number of allylic oxidation sites excluding steroid dienone is 1. The van der Waals surface area contributed by atoms with Gasteiger partial charge < -0.3 is 34.9 Å². The fraction of sp³-hybridized carbons (Fsp3) is 0.304. The largest absolute Gasteiger partial charge is 0.496 e. The number of ether oxygens (including phenoxy) is 4. The highest BCUT2D eigenvalue weighted by Gasteiger charge is 2.33. The molecule has 3 rings (SSSR count).